The molecule has 2 N–H and O–H groups in total. The van der Waals surface area contributed by atoms with Crippen molar-refractivity contribution in [3.05, 3.63) is 65.7 Å². The Balaban J connectivity index is 1.81. The Hall–Kier alpha value is -2.29. The molecule has 2 aromatic carbocycles. The van der Waals surface area contributed by atoms with Crippen molar-refractivity contribution in [1.82, 2.24) is 0 Å². The number of hydrogen-bond donors (Lipinski definition) is 1. The minimum Gasteiger partial charge on any atom is -0.377 e. The van der Waals surface area contributed by atoms with Crippen LogP contribution in [-0.4, -0.2) is 20.0 Å². The van der Waals surface area contributed by atoms with Gasteiger partial charge in [0.25, 0.3) is 0 Å². The van der Waals surface area contributed by atoms with E-state index in [9.17, 15) is 4.79 Å². The third kappa shape index (κ3) is 5.12. The number of rotatable bonds is 9. The van der Waals surface area contributed by atoms with Crippen LogP contribution in [0.25, 0.3) is 0 Å². The van der Waals surface area contributed by atoms with Gasteiger partial charge in [0.05, 0.1) is 5.92 Å². The summed E-state index contributed by atoms with van der Waals surface area (Å²) < 4.78 is 0. The summed E-state index contributed by atoms with van der Waals surface area (Å²) >= 11 is 0. The Labute approximate surface area is 145 Å². The van der Waals surface area contributed by atoms with Gasteiger partial charge >= 0.3 is 0 Å². The number of amides is 1. The Morgan fingerprint density at radius 3 is 2.29 bits per heavy atom. The first-order valence-corrected chi connectivity index (χ1v) is 8.69. The van der Waals surface area contributed by atoms with E-state index in [0.29, 0.717) is 0 Å². The van der Waals surface area contributed by atoms with Gasteiger partial charge in [-0.2, -0.15) is 0 Å². The summed E-state index contributed by atoms with van der Waals surface area (Å²) in [6, 6.07) is 18.4. The molecule has 24 heavy (non-hydrogen) atoms. The standard InChI is InChI=1S/C21H28N2O/c1-23(2)20-16-10-9-14-18(20)13-7-4-8-15-19(21(22)24)17-11-5-3-6-12-17/h3,5-6,9-12,14,16,19H,4,7-8,13,15H2,1-2H3,(H2,22,24)/t19-/m0/s1. The predicted molar refractivity (Wildman–Crippen MR) is 101 cm³/mol. The number of nitrogens with two attached hydrogens (primary N) is 1. The maximum atomic E-state index is 11.7. The molecule has 3 heteroatoms. The maximum Gasteiger partial charge on any atom is 0.224 e. The van der Waals surface area contributed by atoms with Crippen LogP contribution in [0.2, 0.25) is 0 Å². The van der Waals surface area contributed by atoms with Crippen LogP contribution >= 0.6 is 0 Å². The lowest BCUT2D eigenvalue weighted by Crippen LogP contribution is -2.21. The Morgan fingerprint density at radius 1 is 0.958 bits per heavy atom. The molecule has 0 radical (unpaired) electrons. The van der Waals surface area contributed by atoms with E-state index in [1.165, 1.54) is 11.3 Å². The van der Waals surface area contributed by atoms with E-state index < -0.39 is 0 Å². The highest BCUT2D eigenvalue weighted by molar-refractivity contribution is 5.81. The lowest BCUT2D eigenvalue weighted by molar-refractivity contribution is -0.119. The highest BCUT2D eigenvalue weighted by Crippen LogP contribution is 2.24. The van der Waals surface area contributed by atoms with Crippen LogP contribution in [0, 0.1) is 0 Å². The Bertz CT molecular complexity index is 637. The van der Waals surface area contributed by atoms with Crippen molar-refractivity contribution < 1.29 is 4.79 Å². The van der Waals surface area contributed by atoms with Crippen LogP contribution < -0.4 is 10.6 Å². The molecule has 0 unspecified atom stereocenters. The SMILES string of the molecule is CN(C)c1ccccc1CCCCC[C@H](C(N)=O)c1ccccc1. The zero-order valence-electron chi connectivity index (χ0n) is 14.7. The van der Waals surface area contributed by atoms with Gasteiger partial charge in [0.2, 0.25) is 5.91 Å². The van der Waals surface area contributed by atoms with Crippen molar-refractivity contribution in [2.75, 3.05) is 19.0 Å². The van der Waals surface area contributed by atoms with E-state index in [1.54, 1.807) is 0 Å². The summed E-state index contributed by atoms with van der Waals surface area (Å²) in [5, 5.41) is 0. The normalized spacial score (nSPS) is 11.9. The number of unbranched alkanes of at least 4 members (excludes halogenated alkanes) is 2. The number of carbonyl (C=O) groups excluding carboxylic acids is 1. The third-order valence-electron chi connectivity index (χ3n) is 4.46. The molecule has 0 fully saturated rings. The molecule has 0 aromatic heterocycles. The first-order chi connectivity index (χ1) is 11.6. The van der Waals surface area contributed by atoms with E-state index in [4.69, 9.17) is 5.73 Å². The summed E-state index contributed by atoms with van der Waals surface area (Å²) in [6.45, 7) is 0. The highest BCUT2D eigenvalue weighted by Gasteiger charge is 2.16. The van der Waals surface area contributed by atoms with Gasteiger partial charge < -0.3 is 10.6 Å². The number of carbonyl (C=O) groups is 1. The molecule has 1 amide bonds. The van der Waals surface area contributed by atoms with Crippen LogP contribution in [0.4, 0.5) is 5.69 Å². The topological polar surface area (TPSA) is 46.3 Å². The van der Waals surface area contributed by atoms with Gasteiger partial charge in [-0.25, -0.2) is 0 Å². The quantitative estimate of drug-likeness (QED) is 0.705. The molecule has 1 atom stereocenters. The van der Waals surface area contributed by atoms with Crippen molar-refractivity contribution in [3.63, 3.8) is 0 Å². The summed E-state index contributed by atoms with van der Waals surface area (Å²) in [5.74, 6) is -0.389. The number of hydrogen-bond acceptors (Lipinski definition) is 2. The minimum atomic E-state index is -0.223. The smallest absolute Gasteiger partial charge is 0.224 e. The largest absolute Gasteiger partial charge is 0.377 e. The van der Waals surface area contributed by atoms with Crippen molar-refractivity contribution >= 4 is 11.6 Å². The molecule has 0 saturated carbocycles. The molecule has 0 heterocycles. The fourth-order valence-corrected chi connectivity index (χ4v) is 3.16. The predicted octanol–water partition coefficient (Wildman–Crippen LogP) is 4.12. The van der Waals surface area contributed by atoms with E-state index in [-0.39, 0.29) is 11.8 Å². The van der Waals surface area contributed by atoms with Crippen molar-refractivity contribution in [3.8, 4) is 0 Å². The molecule has 3 nitrogen and oxygen atoms in total. The first kappa shape index (κ1) is 18.1. The van der Waals surface area contributed by atoms with Crippen LogP contribution in [0.1, 0.15) is 42.7 Å². The molecule has 0 saturated heterocycles. The van der Waals surface area contributed by atoms with Gasteiger partial charge in [-0.05, 0) is 36.5 Å². The summed E-state index contributed by atoms with van der Waals surface area (Å²) in [7, 11) is 4.16. The second-order valence-electron chi connectivity index (χ2n) is 6.49. The Morgan fingerprint density at radius 2 is 1.62 bits per heavy atom. The molecule has 0 aliphatic heterocycles. The van der Waals surface area contributed by atoms with E-state index >= 15 is 0 Å². The summed E-state index contributed by atoms with van der Waals surface area (Å²) in [5.41, 5.74) is 9.29. The zero-order chi connectivity index (χ0) is 17.4. The van der Waals surface area contributed by atoms with E-state index in [0.717, 1.165) is 37.7 Å². The molecular weight excluding hydrogens is 296 g/mol. The number of benzene rings is 2. The van der Waals surface area contributed by atoms with Crippen molar-refractivity contribution in [2.24, 2.45) is 5.73 Å². The lowest BCUT2D eigenvalue weighted by atomic mass is 9.92. The maximum absolute atomic E-state index is 11.7. The van der Waals surface area contributed by atoms with Crippen LogP contribution in [0.15, 0.2) is 54.6 Å². The van der Waals surface area contributed by atoms with E-state index in [2.05, 4.69) is 43.3 Å². The van der Waals surface area contributed by atoms with Crippen molar-refractivity contribution in [1.29, 1.82) is 0 Å². The van der Waals surface area contributed by atoms with E-state index in [1.807, 2.05) is 30.3 Å². The molecule has 128 valence electrons. The van der Waals surface area contributed by atoms with Gasteiger partial charge in [0.1, 0.15) is 0 Å². The average Bonchev–Trinajstić information content (AvgIpc) is 2.58. The molecule has 0 bridgehead atoms. The number of aryl methyl sites for hydroxylation is 1. The van der Waals surface area contributed by atoms with Gasteiger partial charge in [0.15, 0.2) is 0 Å². The van der Waals surface area contributed by atoms with Gasteiger partial charge in [-0.15, -0.1) is 0 Å². The summed E-state index contributed by atoms with van der Waals surface area (Å²) in [4.78, 5) is 13.9. The fraction of sp³-hybridized carbons (Fsp3) is 0.381. The second kappa shape index (κ2) is 9.11. The van der Waals surface area contributed by atoms with Gasteiger partial charge in [0, 0.05) is 19.8 Å². The first-order valence-electron chi connectivity index (χ1n) is 8.69. The zero-order valence-corrected chi connectivity index (χ0v) is 14.7. The van der Waals surface area contributed by atoms with Gasteiger partial charge in [-0.1, -0.05) is 61.4 Å². The molecular formula is C21H28N2O. The number of primary amides is 1. The fourth-order valence-electron chi connectivity index (χ4n) is 3.16. The molecule has 0 spiro atoms. The molecule has 2 aromatic rings. The number of nitrogens with zero attached hydrogens (tertiary/aromatic N) is 1. The average molecular weight is 324 g/mol. The third-order valence-corrected chi connectivity index (χ3v) is 4.46. The second-order valence-corrected chi connectivity index (χ2v) is 6.49. The molecule has 0 aliphatic carbocycles. The lowest BCUT2D eigenvalue weighted by Gasteiger charge is -2.17. The van der Waals surface area contributed by atoms with Crippen molar-refractivity contribution in [2.45, 2.75) is 38.0 Å². The van der Waals surface area contributed by atoms with Crippen LogP contribution in [0.3, 0.4) is 0 Å². The molecule has 2 rings (SSSR count). The number of anilines is 1. The van der Waals surface area contributed by atoms with Gasteiger partial charge in [-0.3, -0.25) is 4.79 Å². The van der Waals surface area contributed by atoms with Crippen LogP contribution in [-0.2, 0) is 11.2 Å². The minimum absolute atomic E-state index is 0.166. The van der Waals surface area contributed by atoms with Crippen LogP contribution in [0.5, 0.6) is 0 Å². The monoisotopic (exact) mass is 324 g/mol. The highest BCUT2D eigenvalue weighted by atomic mass is 16.1. The number of para-hydroxylation sites is 1. The summed E-state index contributed by atoms with van der Waals surface area (Å²) in [6.07, 6.45) is 5.16. The molecule has 0 aliphatic rings. The Kier molecular flexibility index (Phi) is 6.86.